The quantitative estimate of drug-likeness (QED) is 0.463. The Bertz CT molecular complexity index is 85.9. The number of ether oxygens (including phenoxy) is 1. The number of unbranched alkanes of at least 4 members (excludes halogenated alkanes) is 1. The number of hydrogen-bond acceptors (Lipinski definition) is 1. The number of alkyl halides is 1. The van der Waals surface area contributed by atoms with Crippen molar-refractivity contribution in [2.45, 2.75) is 39.5 Å². The van der Waals surface area contributed by atoms with Gasteiger partial charge in [-0.15, -0.1) is 0 Å². The van der Waals surface area contributed by atoms with Crippen LogP contribution in [0, 0.1) is 5.92 Å². The van der Waals surface area contributed by atoms with Gasteiger partial charge in [0.2, 0.25) is 0 Å². The Balaban J connectivity index is 2.97. The fourth-order valence-electron chi connectivity index (χ4n) is 0.964. The molecule has 0 saturated carbocycles. The highest BCUT2D eigenvalue weighted by Crippen LogP contribution is 2.08. The molecule has 0 bridgehead atoms. The monoisotopic (exact) mass is 236 g/mol. The maximum absolute atomic E-state index is 5.48. The summed E-state index contributed by atoms with van der Waals surface area (Å²) in [5, 5.41) is 1.11. The molecule has 0 spiro atoms. The third kappa shape index (κ3) is 8.54. The van der Waals surface area contributed by atoms with E-state index in [4.69, 9.17) is 4.74 Å². The standard InChI is InChI=1S/C10H21BrO/c1-3-4-8-12-9-6-10(2)5-7-11/h10H,3-9H2,1-2H3. The largest absolute Gasteiger partial charge is 0.381 e. The van der Waals surface area contributed by atoms with Crippen LogP contribution < -0.4 is 0 Å². The number of rotatable bonds is 8. The minimum atomic E-state index is 0.797. The predicted molar refractivity (Wildman–Crippen MR) is 57.9 cm³/mol. The van der Waals surface area contributed by atoms with E-state index in [2.05, 4.69) is 29.8 Å². The Hall–Kier alpha value is 0.440. The summed E-state index contributed by atoms with van der Waals surface area (Å²) in [5.41, 5.74) is 0. The fraction of sp³-hybridized carbons (Fsp3) is 1.00. The van der Waals surface area contributed by atoms with Crippen LogP contribution in [0.1, 0.15) is 39.5 Å². The Morgan fingerprint density at radius 2 is 2.00 bits per heavy atom. The summed E-state index contributed by atoms with van der Waals surface area (Å²) < 4.78 is 5.48. The molecule has 0 aliphatic carbocycles. The second-order valence-electron chi connectivity index (χ2n) is 3.34. The molecule has 0 N–H and O–H groups in total. The van der Waals surface area contributed by atoms with Crippen LogP contribution in [-0.2, 0) is 4.74 Å². The molecule has 0 rings (SSSR count). The summed E-state index contributed by atoms with van der Waals surface area (Å²) in [4.78, 5) is 0. The summed E-state index contributed by atoms with van der Waals surface area (Å²) in [7, 11) is 0. The van der Waals surface area contributed by atoms with Crippen molar-refractivity contribution in [3.05, 3.63) is 0 Å². The minimum Gasteiger partial charge on any atom is -0.381 e. The van der Waals surface area contributed by atoms with E-state index in [0.717, 1.165) is 24.5 Å². The molecule has 1 nitrogen and oxygen atoms in total. The van der Waals surface area contributed by atoms with Gasteiger partial charge in [-0.05, 0) is 25.2 Å². The van der Waals surface area contributed by atoms with Crippen molar-refractivity contribution in [1.29, 1.82) is 0 Å². The molecule has 74 valence electrons. The van der Waals surface area contributed by atoms with Crippen molar-refractivity contribution in [3.63, 3.8) is 0 Å². The Kier molecular flexibility index (Phi) is 9.88. The molecule has 2 heteroatoms. The van der Waals surface area contributed by atoms with Gasteiger partial charge in [-0.25, -0.2) is 0 Å². The highest BCUT2D eigenvalue weighted by atomic mass is 79.9. The van der Waals surface area contributed by atoms with Crippen LogP contribution in [0.15, 0.2) is 0 Å². The average Bonchev–Trinajstić information content (AvgIpc) is 2.05. The normalized spacial score (nSPS) is 13.2. The smallest absolute Gasteiger partial charge is 0.0468 e. The van der Waals surface area contributed by atoms with Gasteiger partial charge in [-0.2, -0.15) is 0 Å². The van der Waals surface area contributed by atoms with Crippen LogP contribution in [0.4, 0.5) is 0 Å². The van der Waals surface area contributed by atoms with Gasteiger partial charge in [0.1, 0.15) is 0 Å². The van der Waals surface area contributed by atoms with Crippen molar-refractivity contribution in [2.75, 3.05) is 18.5 Å². The maximum atomic E-state index is 5.48. The van der Waals surface area contributed by atoms with E-state index in [-0.39, 0.29) is 0 Å². The first-order chi connectivity index (χ1) is 5.81. The molecule has 0 aromatic heterocycles. The zero-order valence-electron chi connectivity index (χ0n) is 8.31. The summed E-state index contributed by atoms with van der Waals surface area (Å²) in [5.74, 6) is 0.797. The van der Waals surface area contributed by atoms with Crippen molar-refractivity contribution in [1.82, 2.24) is 0 Å². The third-order valence-electron chi connectivity index (χ3n) is 2.00. The molecule has 1 unspecified atom stereocenters. The molecular weight excluding hydrogens is 216 g/mol. The zero-order valence-corrected chi connectivity index (χ0v) is 9.90. The lowest BCUT2D eigenvalue weighted by atomic mass is 10.1. The number of halogens is 1. The molecule has 0 radical (unpaired) electrons. The molecule has 0 aliphatic heterocycles. The molecule has 12 heavy (non-hydrogen) atoms. The number of hydrogen-bond donors (Lipinski definition) is 0. The van der Waals surface area contributed by atoms with Gasteiger partial charge in [-0.1, -0.05) is 36.2 Å². The Morgan fingerprint density at radius 1 is 1.25 bits per heavy atom. The third-order valence-corrected chi connectivity index (χ3v) is 2.46. The molecule has 0 amide bonds. The van der Waals surface area contributed by atoms with E-state index in [1.807, 2.05) is 0 Å². The summed E-state index contributed by atoms with van der Waals surface area (Å²) in [6.07, 6.45) is 4.90. The van der Waals surface area contributed by atoms with Crippen LogP contribution in [0.3, 0.4) is 0 Å². The van der Waals surface area contributed by atoms with Crippen LogP contribution >= 0.6 is 15.9 Å². The van der Waals surface area contributed by atoms with Gasteiger partial charge < -0.3 is 4.74 Å². The molecule has 0 aliphatic rings. The minimum absolute atomic E-state index is 0.797. The predicted octanol–water partition coefficient (Wildman–Crippen LogP) is 3.61. The summed E-state index contributed by atoms with van der Waals surface area (Å²) in [6.45, 7) is 6.35. The van der Waals surface area contributed by atoms with Crippen LogP contribution in [0.25, 0.3) is 0 Å². The van der Waals surface area contributed by atoms with Gasteiger partial charge in [-0.3, -0.25) is 0 Å². The lowest BCUT2D eigenvalue weighted by molar-refractivity contribution is 0.119. The fourth-order valence-corrected chi connectivity index (χ4v) is 1.75. The van der Waals surface area contributed by atoms with Gasteiger partial charge in [0.05, 0.1) is 0 Å². The van der Waals surface area contributed by atoms with Crippen molar-refractivity contribution in [3.8, 4) is 0 Å². The first-order valence-corrected chi connectivity index (χ1v) is 6.07. The second kappa shape index (κ2) is 9.53. The van der Waals surface area contributed by atoms with Crippen LogP contribution in [-0.4, -0.2) is 18.5 Å². The van der Waals surface area contributed by atoms with Crippen molar-refractivity contribution in [2.24, 2.45) is 5.92 Å². The van der Waals surface area contributed by atoms with Crippen molar-refractivity contribution >= 4 is 15.9 Å². The lowest BCUT2D eigenvalue weighted by Crippen LogP contribution is -2.03. The molecule has 0 fully saturated rings. The van der Waals surface area contributed by atoms with E-state index in [9.17, 15) is 0 Å². The highest BCUT2D eigenvalue weighted by molar-refractivity contribution is 9.09. The zero-order chi connectivity index (χ0) is 9.23. The van der Waals surface area contributed by atoms with E-state index in [1.165, 1.54) is 25.7 Å². The second-order valence-corrected chi connectivity index (χ2v) is 4.13. The molecular formula is C10H21BrO. The van der Waals surface area contributed by atoms with Crippen LogP contribution in [0.5, 0.6) is 0 Å². The van der Waals surface area contributed by atoms with E-state index < -0.39 is 0 Å². The summed E-state index contributed by atoms with van der Waals surface area (Å²) >= 11 is 3.44. The average molecular weight is 237 g/mol. The molecule has 1 atom stereocenters. The molecule has 0 aromatic carbocycles. The highest BCUT2D eigenvalue weighted by Gasteiger charge is 1.99. The Morgan fingerprint density at radius 3 is 2.58 bits per heavy atom. The van der Waals surface area contributed by atoms with Crippen LogP contribution in [0.2, 0.25) is 0 Å². The molecule has 0 saturated heterocycles. The first kappa shape index (κ1) is 12.4. The van der Waals surface area contributed by atoms with Crippen molar-refractivity contribution < 1.29 is 4.74 Å². The topological polar surface area (TPSA) is 9.23 Å². The molecule has 0 heterocycles. The first-order valence-electron chi connectivity index (χ1n) is 4.95. The van der Waals surface area contributed by atoms with Gasteiger partial charge in [0.25, 0.3) is 0 Å². The van der Waals surface area contributed by atoms with E-state index in [1.54, 1.807) is 0 Å². The SMILES string of the molecule is CCCCOCCC(C)CCBr. The van der Waals surface area contributed by atoms with E-state index >= 15 is 0 Å². The maximum Gasteiger partial charge on any atom is 0.0468 e. The van der Waals surface area contributed by atoms with E-state index in [0.29, 0.717) is 0 Å². The van der Waals surface area contributed by atoms with Gasteiger partial charge >= 0.3 is 0 Å². The van der Waals surface area contributed by atoms with Gasteiger partial charge in [0.15, 0.2) is 0 Å². The Labute approximate surface area is 85.0 Å². The van der Waals surface area contributed by atoms with Gasteiger partial charge in [0, 0.05) is 18.5 Å². The lowest BCUT2D eigenvalue weighted by Gasteiger charge is -2.09. The summed E-state index contributed by atoms with van der Waals surface area (Å²) in [6, 6.07) is 0. The molecule has 0 aromatic rings.